The molecule has 2 aromatic heterocycles. The van der Waals surface area contributed by atoms with Crippen LogP contribution in [0.5, 0.6) is 0 Å². The summed E-state index contributed by atoms with van der Waals surface area (Å²) in [5, 5.41) is 9.74. The minimum atomic E-state index is -0.681. The highest BCUT2D eigenvalue weighted by molar-refractivity contribution is 6.00. The molecule has 7 nitrogen and oxygen atoms in total. The van der Waals surface area contributed by atoms with Crippen LogP contribution in [0.15, 0.2) is 67.1 Å². The fraction of sp³-hybridized carbons (Fsp3) is 0.200. The molecule has 2 amide bonds. The molecule has 0 aliphatic carbocycles. The summed E-state index contributed by atoms with van der Waals surface area (Å²) in [4.78, 5) is 28.4. The van der Waals surface area contributed by atoms with Crippen molar-refractivity contribution in [1.29, 1.82) is 0 Å². The molecule has 0 radical (unpaired) electrons. The Kier molecular flexibility index (Phi) is 5.94. The lowest BCUT2D eigenvalue weighted by Crippen LogP contribution is -2.41. The largest absolute Gasteiger partial charge is 0.341 e. The number of benzene rings is 1. The van der Waals surface area contributed by atoms with E-state index in [1.807, 2.05) is 24.4 Å². The van der Waals surface area contributed by atoms with Crippen LogP contribution in [0.4, 0.5) is 5.82 Å². The lowest BCUT2D eigenvalue weighted by atomic mass is 10.2. The highest BCUT2D eigenvalue weighted by Gasteiger charge is 2.17. The summed E-state index contributed by atoms with van der Waals surface area (Å²) in [7, 11) is 0. The topological polar surface area (TPSA) is 88.9 Å². The zero-order valence-corrected chi connectivity index (χ0v) is 15.0. The van der Waals surface area contributed by atoms with Gasteiger partial charge in [-0.05, 0) is 43.2 Å². The van der Waals surface area contributed by atoms with Gasteiger partial charge < -0.3 is 10.6 Å². The van der Waals surface area contributed by atoms with Crippen molar-refractivity contribution >= 4 is 17.6 Å². The molecule has 2 N–H and O–H groups in total. The van der Waals surface area contributed by atoms with Gasteiger partial charge in [0.1, 0.15) is 6.04 Å². The molecule has 0 aliphatic heterocycles. The third-order valence-electron chi connectivity index (χ3n) is 4.05. The van der Waals surface area contributed by atoms with Crippen LogP contribution < -0.4 is 10.6 Å². The van der Waals surface area contributed by atoms with Crippen LogP contribution in [0, 0.1) is 0 Å². The molecule has 0 spiro atoms. The van der Waals surface area contributed by atoms with Crippen molar-refractivity contribution < 1.29 is 9.59 Å². The van der Waals surface area contributed by atoms with Crippen LogP contribution >= 0.6 is 0 Å². The Bertz CT molecular complexity index is 893. The number of rotatable bonds is 7. The second-order valence-electron chi connectivity index (χ2n) is 6.12. The van der Waals surface area contributed by atoms with Crippen LogP contribution in [-0.4, -0.2) is 32.6 Å². The molecule has 2 heterocycles. The van der Waals surface area contributed by atoms with Gasteiger partial charge >= 0.3 is 0 Å². The molecule has 0 bridgehead atoms. The van der Waals surface area contributed by atoms with Crippen LogP contribution in [0.3, 0.4) is 0 Å². The summed E-state index contributed by atoms with van der Waals surface area (Å²) in [5.74, 6) is -0.157. The summed E-state index contributed by atoms with van der Waals surface area (Å²) >= 11 is 0. The van der Waals surface area contributed by atoms with Gasteiger partial charge in [-0.15, -0.1) is 0 Å². The number of aromatic nitrogens is 3. The minimum Gasteiger partial charge on any atom is -0.341 e. The zero-order valence-electron chi connectivity index (χ0n) is 15.0. The Labute approximate surface area is 157 Å². The first-order chi connectivity index (χ1) is 13.1. The minimum absolute atomic E-state index is 0.291. The molecule has 3 aromatic rings. The van der Waals surface area contributed by atoms with Gasteiger partial charge in [0.2, 0.25) is 5.91 Å². The highest BCUT2D eigenvalue weighted by Crippen LogP contribution is 2.06. The van der Waals surface area contributed by atoms with Gasteiger partial charge in [0.15, 0.2) is 5.82 Å². The van der Waals surface area contributed by atoms with E-state index in [-0.39, 0.29) is 11.8 Å². The smallest absolute Gasteiger partial charge is 0.251 e. The van der Waals surface area contributed by atoms with Crippen molar-refractivity contribution in [2.45, 2.75) is 25.9 Å². The average molecular weight is 363 g/mol. The maximum atomic E-state index is 12.3. The lowest BCUT2D eigenvalue weighted by molar-refractivity contribution is -0.117. The van der Waals surface area contributed by atoms with E-state index in [0.29, 0.717) is 17.9 Å². The number of aryl methyl sites for hydroxylation is 2. The van der Waals surface area contributed by atoms with Crippen LogP contribution in [0.25, 0.3) is 0 Å². The highest BCUT2D eigenvalue weighted by atomic mass is 16.2. The Morgan fingerprint density at radius 3 is 2.56 bits per heavy atom. The number of nitrogens with zero attached hydrogens (tertiary/aromatic N) is 3. The Balaban J connectivity index is 1.50. The Hall–Kier alpha value is -3.48. The molecule has 0 saturated heterocycles. The van der Waals surface area contributed by atoms with Crippen LogP contribution in [0.2, 0.25) is 0 Å². The lowest BCUT2D eigenvalue weighted by Gasteiger charge is -2.13. The van der Waals surface area contributed by atoms with Gasteiger partial charge in [0, 0.05) is 36.8 Å². The Morgan fingerprint density at radius 1 is 1.07 bits per heavy atom. The molecule has 0 aliphatic rings. The van der Waals surface area contributed by atoms with E-state index in [4.69, 9.17) is 0 Å². The second-order valence-corrected chi connectivity index (χ2v) is 6.12. The first kappa shape index (κ1) is 18.3. The number of pyridine rings is 1. The summed E-state index contributed by atoms with van der Waals surface area (Å²) in [6.45, 7) is 2.33. The maximum Gasteiger partial charge on any atom is 0.251 e. The van der Waals surface area contributed by atoms with E-state index in [1.165, 1.54) is 5.56 Å². The van der Waals surface area contributed by atoms with E-state index in [1.54, 1.807) is 54.3 Å². The maximum absolute atomic E-state index is 12.3. The second kappa shape index (κ2) is 8.75. The third kappa shape index (κ3) is 5.24. The van der Waals surface area contributed by atoms with Crippen molar-refractivity contribution in [3.63, 3.8) is 0 Å². The predicted molar refractivity (Wildman–Crippen MR) is 102 cm³/mol. The van der Waals surface area contributed by atoms with Gasteiger partial charge in [-0.3, -0.25) is 19.3 Å². The monoisotopic (exact) mass is 363 g/mol. The standard InChI is InChI=1S/C20H21N5O2/c1-15(22-20(27)17-5-3-2-4-6-17)19(26)23-18-10-14-25(24-18)13-9-16-7-11-21-12-8-16/h2-8,10-12,14-15H,9,13H2,1H3,(H,22,27)(H,23,24,26). The first-order valence-electron chi connectivity index (χ1n) is 8.71. The van der Waals surface area contributed by atoms with Crippen molar-refractivity contribution in [2.75, 3.05) is 5.32 Å². The zero-order chi connectivity index (χ0) is 19.1. The molecule has 3 rings (SSSR count). The van der Waals surface area contributed by atoms with E-state index < -0.39 is 6.04 Å². The van der Waals surface area contributed by atoms with E-state index in [2.05, 4.69) is 20.7 Å². The molecule has 0 fully saturated rings. The number of hydrogen-bond donors (Lipinski definition) is 2. The predicted octanol–water partition coefficient (Wildman–Crippen LogP) is 2.28. The van der Waals surface area contributed by atoms with Crippen molar-refractivity contribution in [3.05, 3.63) is 78.2 Å². The van der Waals surface area contributed by atoms with Crippen LogP contribution in [-0.2, 0) is 17.8 Å². The summed E-state index contributed by atoms with van der Waals surface area (Å²) in [5.41, 5.74) is 1.68. The molecule has 1 atom stereocenters. The number of carbonyl (C=O) groups excluding carboxylic acids is 2. The molecule has 0 saturated carbocycles. The van der Waals surface area contributed by atoms with Gasteiger partial charge in [-0.2, -0.15) is 5.10 Å². The molecular formula is C20H21N5O2. The molecule has 1 aromatic carbocycles. The molecule has 27 heavy (non-hydrogen) atoms. The van der Waals surface area contributed by atoms with Gasteiger partial charge in [-0.25, -0.2) is 0 Å². The van der Waals surface area contributed by atoms with Gasteiger partial charge in [0.25, 0.3) is 5.91 Å². The van der Waals surface area contributed by atoms with Gasteiger partial charge in [-0.1, -0.05) is 18.2 Å². The normalized spacial score (nSPS) is 11.6. The molecule has 138 valence electrons. The van der Waals surface area contributed by atoms with E-state index in [9.17, 15) is 9.59 Å². The number of carbonyl (C=O) groups is 2. The number of anilines is 1. The number of nitrogens with one attached hydrogen (secondary N) is 2. The number of amides is 2. The third-order valence-corrected chi connectivity index (χ3v) is 4.05. The van der Waals surface area contributed by atoms with Gasteiger partial charge in [0.05, 0.1) is 0 Å². The number of hydrogen-bond acceptors (Lipinski definition) is 4. The summed E-state index contributed by atoms with van der Waals surface area (Å²) < 4.78 is 1.77. The van der Waals surface area contributed by atoms with E-state index >= 15 is 0 Å². The van der Waals surface area contributed by atoms with Crippen molar-refractivity contribution in [1.82, 2.24) is 20.1 Å². The molecule has 7 heteroatoms. The fourth-order valence-electron chi connectivity index (χ4n) is 2.52. The molecule has 1 unspecified atom stereocenters. The fourth-order valence-corrected chi connectivity index (χ4v) is 2.52. The van der Waals surface area contributed by atoms with Crippen molar-refractivity contribution in [2.24, 2.45) is 0 Å². The quantitative estimate of drug-likeness (QED) is 0.674. The Morgan fingerprint density at radius 2 is 1.81 bits per heavy atom. The average Bonchev–Trinajstić information content (AvgIpc) is 3.15. The summed E-state index contributed by atoms with van der Waals surface area (Å²) in [6, 6.07) is 13.8. The van der Waals surface area contributed by atoms with Crippen LogP contribution in [0.1, 0.15) is 22.8 Å². The van der Waals surface area contributed by atoms with Crippen molar-refractivity contribution in [3.8, 4) is 0 Å². The molecular weight excluding hydrogens is 342 g/mol. The summed E-state index contributed by atoms with van der Waals surface area (Å²) in [6.07, 6.45) is 6.15. The van der Waals surface area contributed by atoms with E-state index in [0.717, 1.165) is 6.42 Å². The SMILES string of the molecule is CC(NC(=O)c1ccccc1)C(=O)Nc1ccn(CCc2ccncc2)n1. The first-order valence-corrected chi connectivity index (χ1v) is 8.71.